The molecule has 0 bridgehead atoms. The first-order chi connectivity index (χ1) is 17.8. The Bertz CT molecular complexity index is 1060. The van der Waals surface area contributed by atoms with Crippen LogP contribution in [-0.4, -0.2) is 43.9 Å². The van der Waals surface area contributed by atoms with Gasteiger partial charge in [-0.2, -0.15) is 0 Å². The fraction of sp³-hybridized carbons (Fsp3) is 0.333. The molecule has 2 aliphatic rings. The van der Waals surface area contributed by atoms with Crippen LogP contribution < -0.4 is 0 Å². The van der Waals surface area contributed by atoms with E-state index in [0.717, 1.165) is 16.7 Å². The highest BCUT2D eigenvalue weighted by Gasteiger charge is 2.51. The molecule has 1 unspecified atom stereocenters. The van der Waals surface area contributed by atoms with Crippen LogP contribution in [0.3, 0.4) is 0 Å². The van der Waals surface area contributed by atoms with Crippen molar-refractivity contribution in [2.45, 2.75) is 50.2 Å². The minimum atomic E-state index is -0.660. The second-order valence-electron chi connectivity index (χ2n) is 8.86. The number of hydrogen-bond donors (Lipinski definition) is 0. The minimum absolute atomic E-state index is 0.334. The Morgan fingerprint density at radius 1 is 0.722 bits per heavy atom. The first-order valence-corrected chi connectivity index (χ1v) is 12.3. The summed E-state index contributed by atoms with van der Waals surface area (Å²) in [6, 6.07) is 30.0. The van der Waals surface area contributed by atoms with E-state index in [1.807, 2.05) is 91.0 Å². The van der Waals surface area contributed by atoms with Gasteiger partial charge in [0.25, 0.3) is 0 Å². The van der Waals surface area contributed by atoms with Crippen LogP contribution in [0.25, 0.3) is 0 Å². The summed E-state index contributed by atoms with van der Waals surface area (Å²) in [7, 11) is 0. The van der Waals surface area contributed by atoms with Crippen molar-refractivity contribution in [3.05, 3.63) is 120 Å². The topological polar surface area (TPSA) is 55.4 Å². The molecule has 2 heterocycles. The lowest BCUT2D eigenvalue weighted by molar-refractivity contribution is -0.372. The summed E-state index contributed by atoms with van der Waals surface area (Å²) < 4.78 is 37.9. The summed E-state index contributed by atoms with van der Waals surface area (Å²) in [6.07, 6.45) is -1.19. The number of rotatable bonds is 10. The van der Waals surface area contributed by atoms with Crippen LogP contribution in [0.5, 0.6) is 0 Å². The van der Waals surface area contributed by atoms with Gasteiger partial charge in [-0.15, -0.1) is 6.58 Å². The van der Waals surface area contributed by atoms with Gasteiger partial charge in [0.2, 0.25) is 0 Å². The molecule has 188 valence electrons. The minimum Gasteiger partial charge on any atom is -0.368 e. The first kappa shape index (κ1) is 24.8. The van der Waals surface area contributed by atoms with E-state index in [1.165, 1.54) is 0 Å². The van der Waals surface area contributed by atoms with E-state index in [9.17, 15) is 0 Å². The molecule has 0 aliphatic carbocycles. The van der Waals surface area contributed by atoms with Gasteiger partial charge in [-0.05, 0) is 11.1 Å². The molecule has 0 saturated carbocycles. The van der Waals surface area contributed by atoms with Gasteiger partial charge in [0.15, 0.2) is 12.6 Å². The van der Waals surface area contributed by atoms with Gasteiger partial charge in [-0.1, -0.05) is 97.1 Å². The third-order valence-corrected chi connectivity index (χ3v) is 6.30. The largest absolute Gasteiger partial charge is 0.368 e. The first-order valence-electron chi connectivity index (χ1n) is 12.3. The van der Waals surface area contributed by atoms with Crippen LogP contribution in [-0.2, 0) is 41.6 Å². The van der Waals surface area contributed by atoms with Crippen LogP contribution in [0.15, 0.2) is 104 Å². The Balaban J connectivity index is 1.38. The molecule has 0 radical (unpaired) electrons. The Morgan fingerprint density at radius 3 is 1.97 bits per heavy atom. The zero-order valence-corrected chi connectivity index (χ0v) is 20.2. The van der Waals surface area contributed by atoms with Gasteiger partial charge in [0.05, 0.1) is 26.4 Å². The van der Waals surface area contributed by atoms with E-state index in [-0.39, 0.29) is 6.10 Å². The summed E-state index contributed by atoms with van der Waals surface area (Å²) in [5.41, 5.74) is 3.06. The summed E-state index contributed by atoms with van der Waals surface area (Å²) in [4.78, 5) is 0. The lowest BCUT2D eigenvalue weighted by Crippen LogP contribution is -2.63. The third-order valence-electron chi connectivity index (χ3n) is 6.30. The van der Waals surface area contributed by atoms with Gasteiger partial charge >= 0.3 is 0 Å². The molecule has 5 rings (SSSR count). The number of hydrogen-bond acceptors (Lipinski definition) is 6. The van der Waals surface area contributed by atoms with E-state index >= 15 is 0 Å². The van der Waals surface area contributed by atoms with Crippen molar-refractivity contribution in [2.75, 3.05) is 13.2 Å². The van der Waals surface area contributed by atoms with Crippen LogP contribution in [0, 0.1) is 0 Å². The lowest BCUT2D eigenvalue weighted by atomic mass is 9.97. The second-order valence-corrected chi connectivity index (χ2v) is 8.86. The van der Waals surface area contributed by atoms with Gasteiger partial charge < -0.3 is 28.4 Å². The van der Waals surface area contributed by atoms with E-state index in [2.05, 4.69) is 6.58 Å². The maximum absolute atomic E-state index is 6.51. The van der Waals surface area contributed by atoms with Crippen LogP contribution in [0.2, 0.25) is 0 Å². The number of benzene rings is 3. The van der Waals surface area contributed by atoms with Crippen molar-refractivity contribution < 1.29 is 28.4 Å². The Hall–Kier alpha value is -2.84. The summed E-state index contributed by atoms with van der Waals surface area (Å²) in [5, 5.41) is 0. The molecule has 36 heavy (non-hydrogen) atoms. The van der Waals surface area contributed by atoms with Gasteiger partial charge in [-0.25, -0.2) is 0 Å². The van der Waals surface area contributed by atoms with Crippen LogP contribution in [0.1, 0.15) is 23.0 Å². The fourth-order valence-corrected chi connectivity index (χ4v) is 4.52. The van der Waals surface area contributed by atoms with Crippen molar-refractivity contribution in [1.82, 2.24) is 0 Å². The molecule has 2 aliphatic heterocycles. The summed E-state index contributed by atoms with van der Waals surface area (Å²) >= 11 is 0. The third kappa shape index (κ3) is 6.10. The van der Waals surface area contributed by atoms with Gasteiger partial charge in [0.1, 0.15) is 24.4 Å². The normalized spacial score (nSPS) is 27.8. The zero-order chi connectivity index (χ0) is 24.6. The van der Waals surface area contributed by atoms with Crippen molar-refractivity contribution >= 4 is 0 Å². The molecule has 6 atom stereocenters. The maximum atomic E-state index is 6.51. The molecule has 3 aromatic carbocycles. The molecule has 3 aromatic rings. The molecule has 6 heteroatoms. The molecular weight excluding hydrogens is 456 g/mol. The quantitative estimate of drug-likeness (QED) is 0.366. The van der Waals surface area contributed by atoms with Gasteiger partial charge in [0, 0.05) is 5.56 Å². The molecule has 0 N–H and O–H groups in total. The van der Waals surface area contributed by atoms with Crippen LogP contribution >= 0.6 is 0 Å². The average Bonchev–Trinajstić information content (AvgIpc) is 2.95. The monoisotopic (exact) mass is 488 g/mol. The predicted molar refractivity (Wildman–Crippen MR) is 135 cm³/mol. The molecule has 0 aromatic heterocycles. The number of fused-ring (bicyclic) bond motifs is 1. The molecule has 2 fully saturated rings. The summed E-state index contributed by atoms with van der Waals surface area (Å²) in [6.45, 7) is 5.30. The van der Waals surface area contributed by atoms with Crippen molar-refractivity contribution in [1.29, 1.82) is 0 Å². The Kier molecular flexibility index (Phi) is 8.56. The Labute approximate surface area is 212 Å². The van der Waals surface area contributed by atoms with Crippen molar-refractivity contribution in [3.8, 4) is 0 Å². The molecule has 2 saturated heterocycles. The molecular formula is C30H32O6. The highest BCUT2D eigenvalue weighted by Crippen LogP contribution is 2.37. The summed E-state index contributed by atoms with van der Waals surface area (Å²) in [5.74, 6) is 0. The number of ether oxygens (including phenoxy) is 6. The maximum Gasteiger partial charge on any atom is 0.187 e. The molecule has 0 amide bonds. The van der Waals surface area contributed by atoms with E-state index in [4.69, 9.17) is 28.4 Å². The second kappa shape index (κ2) is 12.4. The van der Waals surface area contributed by atoms with Crippen LogP contribution in [0.4, 0.5) is 0 Å². The highest BCUT2D eigenvalue weighted by atomic mass is 16.8. The Morgan fingerprint density at radius 2 is 1.33 bits per heavy atom. The van der Waals surface area contributed by atoms with Crippen molar-refractivity contribution in [2.24, 2.45) is 0 Å². The zero-order valence-electron chi connectivity index (χ0n) is 20.2. The van der Waals surface area contributed by atoms with E-state index in [0.29, 0.717) is 26.4 Å². The average molecular weight is 489 g/mol. The SMILES string of the molecule is C=CCO[C@@H]1[C@@H](OCc2ccccc2)O[C@@H]2COC(c3ccccc3)O[C@H]2[C@@H]1OCc1ccccc1. The van der Waals surface area contributed by atoms with Crippen molar-refractivity contribution in [3.63, 3.8) is 0 Å². The molecule has 6 nitrogen and oxygen atoms in total. The predicted octanol–water partition coefficient (Wildman–Crippen LogP) is 5.20. The fourth-order valence-electron chi connectivity index (χ4n) is 4.52. The smallest absolute Gasteiger partial charge is 0.187 e. The van der Waals surface area contributed by atoms with E-state index in [1.54, 1.807) is 6.08 Å². The standard InChI is InChI=1S/C30H32O6/c1-2-18-31-28-27(32-19-22-12-6-3-7-13-22)26-25(21-34-29(36-26)24-16-10-5-11-17-24)35-30(28)33-20-23-14-8-4-9-15-23/h2-17,25-30H,1,18-21H2/t25-,26-,27+,28+,29?,30+/m1/s1. The van der Waals surface area contributed by atoms with Gasteiger partial charge in [-0.3, -0.25) is 0 Å². The van der Waals surface area contributed by atoms with E-state index < -0.39 is 30.9 Å². The molecule has 0 spiro atoms. The highest BCUT2D eigenvalue weighted by molar-refractivity contribution is 5.17. The lowest BCUT2D eigenvalue weighted by Gasteiger charge is -2.48.